The van der Waals surface area contributed by atoms with Crippen LogP contribution < -0.4 is 9.64 Å². The van der Waals surface area contributed by atoms with Crippen LogP contribution in [-0.4, -0.2) is 30.6 Å². The van der Waals surface area contributed by atoms with Gasteiger partial charge in [0.1, 0.15) is 5.75 Å². The highest BCUT2D eigenvalue weighted by Gasteiger charge is 2.51. The number of rotatable bonds is 7. The van der Waals surface area contributed by atoms with Crippen molar-refractivity contribution in [1.29, 1.82) is 0 Å². The normalized spacial score (nSPS) is 14.6. The molecule has 130 valence electrons. The number of benzene rings is 2. The van der Waals surface area contributed by atoms with Gasteiger partial charge in [-0.15, -0.1) is 0 Å². The zero-order valence-corrected chi connectivity index (χ0v) is 14.1. The van der Waals surface area contributed by atoms with Crippen molar-refractivity contribution in [2.75, 3.05) is 18.6 Å². The summed E-state index contributed by atoms with van der Waals surface area (Å²) in [5.74, 6) is -0.430. The van der Waals surface area contributed by atoms with Gasteiger partial charge in [-0.2, -0.15) is 0 Å². The van der Waals surface area contributed by atoms with E-state index in [0.717, 1.165) is 24.9 Å². The number of nitrogens with zero attached hydrogens (tertiary/aromatic N) is 1. The Bertz CT molecular complexity index is 751. The van der Waals surface area contributed by atoms with Crippen molar-refractivity contribution in [2.24, 2.45) is 5.41 Å². The number of carboxylic acid groups (broad SMARTS) is 1. The minimum atomic E-state index is -1.02. The molecule has 1 N–H and O–H groups in total. The Labute approximate surface area is 146 Å². The average Bonchev–Trinajstić information content (AvgIpc) is 3.40. The third-order valence-corrected chi connectivity index (χ3v) is 4.58. The highest BCUT2D eigenvalue weighted by Crippen LogP contribution is 2.50. The molecular formula is C20H21NO4. The van der Waals surface area contributed by atoms with Gasteiger partial charge < -0.3 is 14.7 Å². The van der Waals surface area contributed by atoms with Crippen LogP contribution in [0.3, 0.4) is 0 Å². The quantitative estimate of drug-likeness (QED) is 0.841. The van der Waals surface area contributed by atoms with Crippen LogP contribution in [0.15, 0.2) is 54.6 Å². The molecule has 0 atom stereocenters. The van der Waals surface area contributed by atoms with E-state index >= 15 is 0 Å². The summed E-state index contributed by atoms with van der Waals surface area (Å²) in [6.45, 7) is -0.381. The van der Waals surface area contributed by atoms with E-state index in [1.54, 1.807) is 36.2 Å². The molecule has 0 unspecified atom stereocenters. The molecule has 1 aliphatic rings. The predicted octanol–water partition coefficient (Wildman–Crippen LogP) is 3.14. The van der Waals surface area contributed by atoms with Gasteiger partial charge in [0.15, 0.2) is 6.61 Å². The molecular weight excluding hydrogens is 318 g/mol. The molecule has 0 aromatic heterocycles. The van der Waals surface area contributed by atoms with Gasteiger partial charge in [0, 0.05) is 12.7 Å². The summed E-state index contributed by atoms with van der Waals surface area (Å²) >= 11 is 0. The fourth-order valence-corrected chi connectivity index (χ4v) is 2.99. The lowest BCUT2D eigenvalue weighted by molar-refractivity contribution is -0.139. The lowest BCUT2D eigenvalue weighted by Crippen LogP contribution is -2.35. The van der Waals surface area contributed by atoms with Crippen molar-refractivity contribution in [3.63, 3.8) is 0 Å². The highest BCUT2D eigenvalue weighted by atomic mass is 16.5. The van der Waals surface area contributed by atoms with Gasteiger partial charge in [0.2, 0.25) is 5.91 Å². The van der Waals surface area contributed by atoms with E-state index in [9.17, 15) is 9.59 Å². The summed E-state index contributed by atoms with van der Waals surface area (Å²) in [6.07, 6.45) is 2.58. The summed E-state index contributed by atoms with van der Waals surface area (Å²) in [7, 11) is 1.78. The molecule has 25 heavy (non-hydrogen) atoms. The van der Waals surface area contributed by atoms with Crippen LogP contribution in [0.5, 0.6) is 5.75 Å². The third-order valence-electron chi connectivity index (χ3n) is 4.58. The summed E-state index contributed by atoms with van der Waals surface area (Å²) in [4.78, 5) is 25.2. The lowest BCUT2D eigenvalue weighted by atomic mass is 9.95. The molecule has 0 spiro atoms. The van der Waals surface area contributed by atoms with Crippen LogP contribution in [0, 0.1) is 5.41 Å². The van der Waals surface area contributed by atoms with E-state index in [4.69, 9.17) is 9.84 Å². The van der Waals surface area contributed by atoms with Crippen LogP contribution in [0.1, 0.15) is 18.4 Å². The first-order valence-corrected chi connectivity index (χ1v) is 8.27. The Balaban J connectivity index is 1.67. The summed E-state index contributed by atoms with van der Waals surface area (Å²) < 4.78 is 5.12. The van der Waals surface area contributed by atoms with Gasteiger partial charge in [0.05, 0.1) is 5.41 Å². The maximum Gasteiger partial charge on any atom is 0.341 e. The van der Waals surface area contributed by atoms with E-state index in [1.165, 1.54) is 5.56 Å². The van der Waals surface area contributed by atoms with Crippen molar-refractivity contribution in [1.82, 2.24) is 0 Å². The number of ether oxygens (including phenoxy) is 1. The van der Waals surface area contributed by atoms with Crippen LogP contribution in [0.2, 0.25) is 0 Å². The largest absolute Gasteiger partial charge is 0.482 e. The lowest BCUT2D eigenvalue weighted by Gasteiger charge is -2.24. The van der Waals surface area contributed by atoms with Gasteiger partial charge in [-0.05, 0) is 49.1 Å². The van der Waals surface area contributed by atoms with Gasteiger partial charge in [-0.25, -0.2) is 4.79 Å². The molecule has 0 bridgehead atoms. The smallest absolute Gasteiger partial charge is 0.341 e. The van der Waals surface area contributed by atoms with Crippen LogP contribution in [0.25, 0.3) is 0 Å². The number of carbonyl (C=O) groups excluding carboxylic acids is 1. The molecule has 1 fully saturated rings. The Hall–Kier alpha value is -2.82. The van der Waals surface area contributed by atoms with E-state index in [-0.39, 0.29) is 17.9 Å². The summed E-state index contributed by atoms with van der Waals surface area (Å²) in [5, 5.41) is 8.63. The predicted molar refractivity (Wildman–Crippen MR) is 94.8 cm³/mol. The number of amides is 1. The third kappa shape index (κ3) is 3.99. The molecule has 0 saturated heterocycles. The number of carboxylic acids is 1. The second-order valence-corrected chi connectivity index (χ2v) is 6.48. The zero-order valence-electron chi connectivity index (χ0n) is 14.1. The van der Waals surface area contributed by atoms with Crippen molar-refractivity contribution in [3.05, 3.63) is 60.2 Å². The fraction of sp³-hybridized carbons (Fsp3) is 0.300. The first-order valence-electron chi connectivity index (χ1n) is 8.27. The molecule has 2 aromatic rings. The molecule has 1 amide bonds. The molecule has 0 aliphatic heterocycles. The Morgan fingerprint density at radius 1 is 1.08 bits per heavy atom. The van der Waals surface area contributed by atoms with Crippen molar-refractivity contribution in [2.45, 2.75) is 19.3 Å². The monoisotopic (exact) mass is 339 g/mol. The van der Waals surface area contributed by atoms with Crippen LogP contribution in [0.4, 0.5) is 5.69 Å². The maximum absolute atomic E-state index is 12.9. The molecule has 1 aliphatic carbocycles. The van der Waals surface area contributed by atoms with Crippen LogP contribution in [-0.2, 0) is 16.0 Å². The minimum Gasteiger partial charge on any atom is -0.482 e. The average molecular weight is 339 g/mol. The van der Waals surface area contributed by atoms with E-state index in [2.05, 4.69) is 12.1 Å². The number of anilines is 1. The van der Waals surface area contributed by atoms with E-state index in [1.807, 2.05) is 18.2 Å². The minimum absolute atomic E-state index is 0.121. The number of hydrogen-bond donors (Lipinski definition) is 1. The first kappa shape index (κ1) is 17.0. The topological polar surface area (TPSA) is 66.8 Å². The Kier molecular flexibility index (Phi) is 4.74. The second-order valence-electron chi connectivity index (χ2n) is 6.48. The Morgan fingerprint density at radius 3 is 2.28 bits per heavy atom. The Morgan fingerprint density at radius 2 is 1.72 bits per heavy atom. The van der Waals surface area contributed by atoms with Gasteiger partial charge in [-0.1, -0.05) is 30.3 Å². The molecule has 5 heteroatoms. The van der Waals surface area contributed by atoms with Crippen molar-refractivity contribution < 1.29 is 19.4 Å². The standard InChI is InChI=1S/C20H21NO4/c1-21(16-7-9-17(10-8-16)25-14-18(22)23)19(24)20(11-12-20)13-15-5-3-2-4-6-15/h2-10H,11-14H2,1H3,(H,22,23). The van der Waals surface area contributed by atoms with Gasteiger partial charge in [-0.3, -0.25) is 4.79 Å². The maximum atomic E-state index is 12.9. The van der Waals surface area contributed by atoms with E-state index in [0.29, 0.717) is 5.75 Å². The number of carbonyl (C=O) groups is 2. The number of hydrogen-bond acceptors (Lipinski definition) is 3. The fourth-order valence-electron chi connectivity index (χ4n) is 2.99. The van der Waals surface area contributed by atoms with Crippen molar-refractivity contribution in [3.8, 4) is 5.75 Å². The molecule has 3 rings (SSSR count). The molecule has 0 radical (unpaired) electrons. The highest BCUT2D eigenvalue weighted by molar-refractivity contribution is 5.99. The van der Waals surface area contributed by atoms with Gasteiger partial charge >= 0.3 is 5.97 Å². The molecule has 1 saturated carbocycles. The first-order chi connectivity index (χ1) is 12.0. The van der Waals surface area contributed by atoms with E-state index < -0.39 is 5.97 Å². The van der Waals surface area contributed by atoms with Crippen molar-refractivity contribution >= 4 is 17.6 Å². The molecule has 2 aromatic carbocycles. The summed E-state index contributed by atoms with van der Waals surface area (Å²) in [6, 6.07) is 17.0. The zero-order chi connectivity index (χ0) is 17.9. The second kappa shape index (κ2) is 6.97. The van der Waals surface area contributed by atoms with Gasteiger partial charge in [0.25, 0.3) is 0 Å². The number of aliphatic carboxylic acids is 1. The molecule has 5 nitrogen and oxygen atoms in total. The summed E-state index contributed by atoms with van der Waals surface area (Å²) in [5.41, 5.74) is 1.65. The van der Waals surface area contributed by atoms with Crippen LogP contribution >= 0.6 is 0 Å². The SMILES string of the molecule is CN(C(=O)C1(Cc2ccccc2)CC1)c1ccc(OCC(=O)O)cc1. The molecule has 0 heterocycles.